The lowest BCUT2D eigenvalue weighted by atomic mass is 9.87. The Bertz CT molecular complexity index is 428. The van der Waals surface area contributed by atoms with Crippen LogP contribution in [0, 0.1) is 5.92 Å². The van der Waals surface area contributed by atoms with Crippen LogP contribution < -0.4 is 10.6 Å². The lowest BCUT2D eigenvalue weighted by Crippen LogP contribution is -2.24. The maximum Gasteiger partial charge on any atom is 0.135 e. The van der Waals surface area contributed by atoms with Gasteiger partial charge < -0.3 is 15.7 Å². The van der Waals surface area contributed by atoms with Crippen molar-refractivity contribution in [3.05, 3.63) is 11.9 Å². The number of aliphatic hydroxyl groups excluding tert-OH is 1. The van der Waals surface area contributed by atoms with Gasteiger partial charge in [0, 0.05) is 25.6 Å². The Balaban J connectivity index is 1.96. The molecule has 20 heavy (non-hydrogen) atoms. The van der Waals surface area contributed by atoms with E-state index in [0.717, 1.165) is 49.7 Å². The predicted molar refractivity (Wildman–Crippen MR) is 82.1 cm³/mol. The summed E-state index contributed by atoms with van der Waals surface area (Å²) in [6.45, 7) is 5.12. The summed E-state index contributed by atoms with van der Waals surface area (Å²) in [4.78, 5) is 9.03. The van der Waals surface area contributed by atoms with E-state index >= 15 is 0 Å². The van der Waals surface area contributed by atoms with Crippen LogP contribution >= 0.6 is 0 Å². The fourth-order valence-corrected chi connectivity index (χ4v) is 2.54. The van der Waals surface area contributed by atoms with Crippen molar-refractivity contribution in [3.8, 4) is 0 Å². The summed E-state index contributed by atoms with van der Waals surface area (Å²) in [5.74, 6) is 3.55. The van der Waals surface area contributed by atoms with Gasteiger partial charge in [-0.3, -0.25) is 0 Å². The smallest absolute Gasteiger partial charge is 0.135 e. The standard InChI is InChI=1S/C15H26N4O/c1-10(2)15-18-13(16-3)8-14(19-15)17-9-11-4-6-12(20)7-5-11/h8,10-12,20H,4-7,9H2,1-3H3,(H2,16,17,18,19). The molecule has 0 amide bonds. The van der Waals surface area contributed by atoms with Crippen molar-refractivity contribution in [2.24, 2.45) is 5.92 Å². The SMILES string of the molecule is CNc1cc(NCC2CCC(O)CC2)nc(C(C)C)n1. The lowest BCUT2D eigenvalue weighted by Gasteiger charge is -2.25. The molecule has 112 valence electrons. The van der Waals surface area contributed by atoms with Crippen molar-refractivity contribution in [2.45, 2.75) is 51.6 Å². The second-order valence-corrected chi connectivity index (χ2v) is 5.96. The first-order chi connectivity index (χ1) is 9.58. The Morgan fingerprint density at radius 2 is 1.85 bits per heavy atom. The maximum atomic E-state index is 9.53. The van der Waals surface area contributed by atoms with E-state index in [4.69, 9.17) is 0 Å². The summed E-state index contributed by atoms with van der Waals surface area (Å²) in [5, 5.41) is 16.0. The quantitative estimate of drug-likeness (QED) is 0.772. The second kappa shape index (κ2) is 6.88. The molecule has 0 aromatic carbocycles. The first kappa shape index (κ1) is 15.0. The van der Waals surface area contributed by atoms with Crippen LogP contribution in [0.1, 0.15) is 51.3 Å². The van der Waals surface area contributed by atoms with E-state index in [1.807, 2.05) is 13.1 Å². The van der Waals surface area contributed by atoms with Crippen molar-refractivity contribution >= 4 is 11.6 Å². The second-order valence-electron chi connectivity index (χ2n) is 5.96. The number of hydrogen-bond donors (Lipinski definition) is 3. The summed E-state index contributed by atoms with van der Waals surface area (Å²) in [5.41, 5.74) is 0. The average Bonchev–Trinajstić information content (AvgIpc) is 2.46. The Labute approximate surface area is 121 Å². The molecule has 0 unspecified atom stereocenters. The number of aromatic nitrogens is 2. The molecule has 0 radical (unpaired) electrons. The van der Waals surface area contributed by atoms with Crippen LogP contribution in [0.4, 0.5) is 11.6 Å². The topological polar surface area (TPSA) is 70.1 Å². The number of rotatable bonds is 5. The van der Waals surface area contributed by atoms with Gasteiger partial charge in [-0.05, 0) is 31.6 Å². The molecule has 2 rings (SSSR count). The van der Waals surface area contributed by atoms with Gasteiger partial charge in [0.2, 0.25) is 0 Å². The molecule has 1 fully saturated rings. The molecule has 5 heteroatoms. The van der Waals surface area contributed by atoms with E-state index in [1.54, 1.807) is 0 Å². The van der Waals surface area contributed by atoms with Gasteiger partial charge in [0.1, 0.15) is 17.5 Å². The Kier molecular flexibility index (Phi) is 5.17. The zero-order chi connectivity index (χ0) is 14.5. The van der Waals surface area contributed by atoms with Crippen LogP contribution in [-0.2, 0) is 0 Å². The molecular formula is C15H26N4O. The highest BCUT2D eigenvalue weighted by Gasteiger charge is 2.19. The Hall–Kier alpha value is -1.36. The third-order valence-corrected chi connectivity index (χ3v) is 3.90. The van der Waals surface area contributed by atoms with E-state index in [2.05, 4.69) is 34.4 Å². The van der Waals surface area contributed by atoms with E-state index in [9.17, 15) is 5.11 Å². The molecule has 1 saturated carbocycles. The van der Waals surface area contributed by atoms with Gasteiger partial charge in [-0.15, -0.1) is 0 Å². The van der Waals surface area contributed by atoms with E-state index in [1.165, 1.54) is 0 Å². The van der Waals surface area contributed by atoms with Gasteiger partial charge in [-0.1, -0.05) is 13.8 Å². The largest absolute Gasteiger partial charge is 0.393 e. The molecular weight excluding hydrogens is 252 g/mol. The lowest BCUT2D eigenvalue weighted by molar-refractivity contribution is 0.111. The molecule has 1 heterocycles. The normalized spacial score (nSPS) is 22.9. The van der Waals surface area contributed by atoms with Gasteiger partial charge in [-0.2, -0.15) is 0 Å². The van der Waals surface area contributed by atoms with Gasteiger partial charge in [0.25, 0.3) is 0 Å². The fourth-order valence-electron chi connectivity index (χ4n) is 2.54. The number of aliphatic hydroxyl groups is 1. The van der Waals surface area contributed by atoms with Crippen LogP contribution in [0.5, 0.6) is 0 Å². The molecule has 1 aliphatic rings. The van der Waals surface area contributed by atoms with E-state index in [-0.39, 0.29) is 6.10 Å². The Morgan fingerprint density at radius 3 is 2.45 bits per heavy atom. The van der Waals surface area contributed by atoms with E-state index < -0.39 is 0 Å². The third-order valence-electron chi connectivity index (χ3n) is 3.90. The summed E-state index contributed by atoms with van der Waals surface area (Å²) in [6, 6.07) is 1.95. The first-order valence-electron chi connectivity index (χ1n) is 7.57. The Morgan fingerprint density at radius 1 is 1.20 bits per heavy atom. The van der Waals surface area contributed by atoms with Crippen LogP contribution in [0.3, 0.4) is 0 Å². The fraction of sp³-hybridized carbons (Fsp3) is 0.733. The minimum absolute atomic E-state index is 0.0891. The molecule has 5 nitrogen and oxygen atoms in total. The minimum Gasteiger partial charge on any atom is -0.393 e. The predicted octanol–water partition coefficient (Wildman–Crippen LogP) is 2.60. The van der Waals surface area contributed by atoms with Crippen molar-refractivity contribution in [1.29, 1.82) is 0 Å². The number of hydrogen-bond acceptors (Lipinski definition) is 5. The van der Waals surface area contributed by atoms with Crippen molar-refractivity contribution in [1.82, 2.24) is 9.97 Å². The number of anilines is 2. The summed E-state index contributed by atoms with van der Waals surface area (Å²) >= 11 is 0. The number of nitrogens with zero attached hydrogens (tertiary/aromatic N) is 2. The van der Waals surface area contributed by atoms with Crippen LogP contribution in [0.2, 0.25) is 0 Å². The van der Waals surface area contributed by atoms with Crippen molar-refractivity contribution in [2.75, 3.05) is 24.2 Å². The molecule has 0 aliphatic heterocycles. The van der Waals surface area contributed by atoms with Crippen LogP contribution in [0.15, 0.2) is 6.07 Å². The summed E-state index contributed by atoms with van der Waals surface area (Å²) in [7, 11) is 1.87. The van der Waals surface area contributed by atoms with Gasteiger partial charge >= 0.3 is 0 Å². The molecule has 0 bridgehead atoms. The molecule has 0 spiro atoms. The van der Waals surface area contributed by atoms with Crippen molar-refractivity contribution in [3.63, 3.8) is 0 Å². The molecule has 3 N–H and O–H groups in total. The highest BCUT2D eigenvalue weighted by Crippen LogP contribution is 2.25. The van der Waals surface area contributed by atoms with Crippen LogP contribution in [0.25, 0.3) is 0 Å². The van der Waals surface area contributed by atoms with Crippen LogP contribution in [-0.4, -0.2) is 34.8 Å². The third kappa shape index (κ3) is 4.07. The van der Waals surface area contributed by atoms with Crippen molar-refractivity contribution < 1.29 is 5.11 Å². The molecule has 1 aliphatic carbocycles. The van der Waals surface area contributed by atoms with Gasteiger partial charge in [0.05, 0.1) is 6.10 Å². The zero-order valence-corrected chi connectivity index (χ0v) is 12.7. The minimum atomic E-state index is -0.0891. The summed E-state index contributed by atoms with van der Waals surface area (Å²) < 4.78 is 0. The van der Waals surface area contributed by atoms with E-state index in [0.29, 0.717) is 11.8 Å². The van der Waals surface area contributed by atoms with Gasteiger partial charge in [-0.25, -0.2) is 9.97 Å². The number of nitrogens with one attached hydrogen (secondary N) is 2. The summed E-state index contributed by atoms with van der Waals surface area (Å²) in [6.07, 6.45) is 3.95. The monoisotopic (exact) mass is 278 g/mol. The highest BCUT2D eigenvalue weighted by atomic mass is 16.3. The molecule has 0 saturated heterocycles. The first-order valence-corrected chi connectivity index (χ1v) is 7.57. The molecule has 1 aromatic heterocycles. The maximum absolute atomic E-state index is 9.53. The average molecular weight is 278 g/mol. The molecule has 0 atom stereocenters. The van der Waals surface area contributed by atoms with Gasteiger partial charge in [0.15, 0.2) is 0 Å². The highest BCUT2D eigenvalue weighted by molar-refractivity contribution is 5.47. The zero-order valence-electron chi connectivity index (χ0n) is 12.7. The molecule has 1 aromatic rings.